The molecule has 0 radical (unpaired) electrons. The average Bonchev–Trinajstić information content (AvgIpc) is 3.16. The van der Waals surface area contributed by atoms with Gasteiger partial charge in [0.05, 0.1) is 6.73 Å². The van der Waals surface area contributed by atoms with Gasteiger partial charge in [0.1, 0.15) is 18.7 Å². The van der Waals surface area contributed by atoms with Gasteiger partial charge >= 0.3 is 6.09 Å². The lowest BCUT2D eigenvalue weighted by Gasteiger charge is -2.27. The van der Waals surface area contributed by atoms with Crippen LogP contribution in [-0.4, -0.2) is 71.7 Å². The van der Waals surface area contributed by atoms with Gasteiger partial charge in [0, 0.05) is 30.9 Å². The van der Waals surface area contributed by atoms with E-state index < -0.39 is 41.8 Å². The summed E-state index contributed by atoms with van der Waals surface area (Å²) in [5, 5.41) is 19.8. The monoisotopic (exact) mass is 504 g/mol. The Bertz CT molecular complexity index is 962. The fourth-order valence-electron chi connectivity index (χ4n) is 3.01. The van der Waals surface area contributed by atoms with Gasteiger partial charge in [-0.25, -0.2) is 15.2 Å². The number of hydrogen-bond donors (Lipinski definition) is 6. The van der Waals surface area contributed by atoms with Gasteiger partial charge in [-0.15, -0.1) is 0 Å². The summed E-state index contributed by atoms with van der Waals surface area (Å²) in [6.45, 7) is 5.55. The van der Waals surface area contributed by atoms with Crippen LogP contribution in [0.25, 0.3) is 0 Å². The number of hydrazine groups is 1. The standard InChI is InChI=1S/C23H32N6O7/c1-14(2)20(28-29-18(31)8-9-19(29)32)22(34)26-15(3)21(33)27-17-6-4-16(5-7-17)12-36-23(35)25-11-10-24-13-30/h4-9,14-15,20,24,28,30H,10-13H2,1-3H3,(H,25,35)(H,26,34)(H,27,33)/t15-,20-/m0/s1. The van der Waals surface area contributed by atoms with Crippen LogP contribution >= 0.6 is 0 Å². The number of carbonyl (C=O) groups is 5. The highest BCUT2D eigenvalue weighted by atomic mass is 16.5. The van der Waals surface area contributed by atoms with E-state index in [1.54, 1.807) is 38.1 Å². The number of nitrogens with one attached hydrogen (secondary N) is 5. The molecule has 1 aliphatic heterocycles. The van der Waals surface area contributed by atoms with Gasteiger partial charge < -0.3 is 25.8 Å². The van der Waals surface area contributed by atoms with E-state index in [4.69, 9.17) is 9.84 Å². The molecule has 6 N–H and O–H groups in total. The molecule has 1 heterocycles. The van der Waals surface area contributed by atoms with Crippen molar-refractivity contribution in [3.63, 3.8) is 0 Å². The lowest BCUT2D eigenvalue weighted by atomic mass is 10.0. The smallest absolute Gasteiger partial charge is 0.407 e. The van der Waals surface area contributed by atoms with Crippen LogP contribution in [0.15, 0.2) is 36.4 Å². The maximum Gasteiger partial charge on any atom is 0.407 e. The molecule has 0 saturated heterocycles. The zero-order valence-corrected chi connectivity index (χ0v) is 20.4. The first-order chi connectivity index (χ1) is 17.1. The summed E-state index contributed by atoms with van der Waals surface area (Å²) >= 11 is 0. The van der Waals surface area contributed by atoms with Crippen molar-refractivity contribution in [3.05, 3.63) is 42.0 Å². The number of ether oxygens (including phenoxy) is 1. The fraction of sp³-hybridized carbons (Fsp3) is 0.435. The number of aliphatic hydroxyl groups excluding tert-OH is 1. The molecule has 2 atom stereocenters. The quantitative estimate of drug-likeness (QED) is 0.116. The van der Waals surface area contributed by atoms with Crippen molar-refractivity contribution < 1.29 is 33.8 Å². The Morgan fingerprint density at radius 1 is 0.972 bits per heavy atom. The fourth-order valence-corrected chi connectivity index (χ4v) is 3.01. The second kappa shape index (κ2) is 13.9. The van der Waals surface area contributed by atoms with E-state index in [1.807, 2.05) is 0 Å². The van der Waals surface area contributed by atoms with Crippen LogP contribution in [0.5, 0.6) is 0 Å². The zero-order valence-electron chi connectivity index (χ0n) is 20.4. The van der Waals surface area contributed by atoms with Crippen LogP contribution in [0.4, 0.5) is 10.5 Å². The normalized spacial score (nSPS) is 14.5. The Balaban J connectivity index is 1.82. The first-order valence-corrected chi connectivity index (χ1v) is 11.4. The third-order valence-corrected chi connectivity index (χ3v) is 5.05. The molecular formula is C23H32N6O7. The maximum absolute atomic E-state index is 12.7. The molecule has 2 rings (SSSR count). The predicted molar refractivity (Wildman–Crippen MR) is 129 cm³/mol. The molecule has 5 amide bonds. The Morgan fingerprint density at radius 2 is 1.61 bits per heavy atom. The number of imide groups is 1. The molecule has 0 fully saturated rings. The van der Waals surface area contributed by atoms with Crippen molar-refractivity contribution >= 4 is 35.4 Å². The Morgan fingerprint density at radius 3 is 2.19 bits per heavy atom. The molecule has 1 aromatic rings. The highest BCUT2D eigenvalue weighted by Gasteiger charge is 2.32. The van der Waals surface area contributed by atoms with Crippen LogP contribution in [0.1, 0.15) is 26.3 Å². The summed E-state index contributed by atoms with van der Waals surface area (Å²) in [7, 11) is 0. The summed E-state index contributed by atoms with van der Waals surface area (Å²) in [5.41, 5.74) is 3.80. The topological polar surface area (TPSA) is 178 Å². The minimum Gasteiger partial charge on any atom is -0.445 e. The first-order valence-electron chi connectivity index (χ1n) is 11.4. The number of nitrogens with zero attached hydrogens (tertiary/aromatic N) is 1. The lowest BCUT2D eigenvalue weighted by Crippen LogP contribution is -2.58. The lowest BCUT2D eigenvalue weighted by molar-refractivity contribution is -0.143. The van der Waals surface area contributed by atoms with Gasteiger partial charge in [-0.2, -0.15) is 0 Å². The summed E-state index contributed by atoms with van der Waals surface area (Å²) in [5.74, 6) is -2.45. The molecule has 1 aromatic carbocycles. The van der Waals surface area contributed by atoms with Crippen molar-refractivity contribution in [1.82, 2.24) is 26.4 Å². The van der Waals surface area contributed by atoms with E-state index in [9.17, 15) is 24.0 Å². The van der Waals surface area contributed by atoms with Gasteiger partial charge in [0.2, 0.25) is 11.8 Å². The van der Waals surface area contributed by atoms with E-state index in [0.29, 0.717) is 24.3 Å². The first kappa shape index (κ1) is 28.4. The van der Waals surface area contributed by atoms with E-state index >= 15 is 0 Å². The van der Waals surface area contributed by atoms with Gasteiger partial charge in [-0.05, 0) is 30.5 Å². The number of benzene rings is 1. The van der Waals surface area contributed by atoms with Crippen LogP contribution in [0.2, 0.25) is 0 Å². The molecule has 0 bridgehead atoms. The van der Waals surface area contributed by atoms with E-state index in [2.05, 4.69) is 26.7 Å². The zero-order chi connectivity index (χ0) is 26.7. The molecule has 0 spiro atoms. The predicted octanol–water partition coefficient (Wildman–Crippen LogP) is -0.650. The number of anilines is 1. The number of aliphatic hydroxyl groups is 1. The van der Waals surface area contributed by atoms with Gasteiger partial charge in [-0.1, -0.05) is 26.0 Å². The largest absolute Gasteiger partial charge is 0.445 e. The molecule has 196 valence electrons. The Labute approximate surface area is 208 Å². The van der Waals surface area contributed by atoms with Crippen molar-refractivity contribution in [2.45, 2.75) is 39.5 Å². The molecule has 13 heteroatoms. The van der Waals surface area contributed by atoms with Crippen LogP contribution in [0.3, 0.4) is 0 Å². The van der Waals surface area contributed by atoms with Crippen molar-refractivity contribution in [2.75, 3.05) is 25.1 Å². The van der Waals surface area contributed by atoms with Gasteiger partial charge in [-0.3, -0.25) is 24.5 Å². The molecule has 1 aliphatic rings. The average molecular weight is 505 g/mol. The highest BCUT2D eigenvalue weighted by Crippen LogP contribution is 2.12. The summed E-state index contributed by atoms with van der Waals surface area (Å²) < 4.78 is 5.08. The third kappa shape index (κ3) is 8.76. The number of rotatable bonds is 13. The summed E-state index contributed by atoms with van der Waals surface area (Å²) in [6, 6.07) is 4.78. The second-order valence-electron chi connectivity index (χ2n) is 8.27. The molecule has 0 unspecified atom stereocenters. The number of alkyl carbamates (subject to hydrolysis) is 1. The van der Waals surface area contributed by atoms with Crippen molar-refractivity contribution in [2.24, 2.45) is 5.92 Å². The van der Waals surface area contributed by atoms with E-state index in [1.165, 1.54) is 6.92 Å². The molecule has 0 aliphatic carbocycles. The number of hydrogen-bond acceptors (Lipinski definition) is 9. The number of carbonyl (C=O) groups excluding carboxylic acids is 5. The van der Waals surface area contributed by atoms with Crippen LogP contribution in [-0.2, 0) is 30.5 Å². The maximum atomic E-state index is 12.7. The van der Waals surface area contributed by atoms with Gasteiger partial charge in [0.25, 0.3) is 11.8 Å². The Hall–Kier alpha value is -3.81. The molecule has 0 saturated carbocycles. The van der Waals surface area contributed by atoms with Crippen LogP contribution < -0.4 is 26.7 Å². The minimum atomic E-state index is -0.921. The van der Waals surface area contributed by atoms with Gasteiger partial charge in [0.15, 0.2) is 0 Å². The molecule has 13 nitrogen and oxygen atoms in total. The Kier molecular flexibility index (Phi) is 11.0. The van der Waals surface area contributed by atoms with Crippen molar-refractivity contribution in [3.8, 4) is 0 Å². The molecule has 36 heavy (non-hydrogen) atoms. The highest BCUT2D eigenvalue weighted by molar-refractivity contribution is 6.12. The molecule has 0 aromatic heterocycles. The SMILES string of the molecule is CC(C)[C@H](NN1C(=O)C=CC1=O)C(=O)N[C@@H](C)C(=O)Nc1ccc(COC(=O)NCCNCO)cc1. The van der Waals surface area contributed by atoms with Crippen molar-refractivity contribution in [1.29, 1.82) is 0 Å². The van der Waals surface area contributed by atoms with Crippen LogP contribution in [0, 0.1) is 5.92 Å². The summed E-state index contributed by atoms with van der Waals surface area (Å²) in [6.07, 6.45) is 1.61. The summed E-state index contributed by atoms with van der Waals surface area (Å²) in [4.78, 5) is 60.5. The van der Waals surface area contributed by atoms with E-state index in [0.717, 1.165) is 17.2 Å². The minimum absolute atomic E-state index is 0.0289. The van der Waals surface area contributed by atoms with E-state index in [-0.39, 0.29) is 19.3 Å². The third-order valence-electron chi connectivity index (χ3n) is 5.05. The molecular weight excluding hydrogens is 472 g/mol. The second-order valence-corrected chi connectivity index (χ2v) is 8.27. The number of amides is 5.